The number of thioether (sulfide) groups is 1. The third-order valence-corrected chi connectivity index (χ3v) is 7.26. The van der Waals surface area contributed by atoms with Gasteiger partial charge >= 0.3 is 0 Å². The SMILES string of the molecule is N#Cc1ccccc1CSc1nnc(-c2ccc(NC(=O)c3ccccc3Cl)cc2)n1Cc1ccccc1. The lowest BCUT2D eigenvalue weighted by Crippen LogP contribution is -2.12. The maximum absolute atomic E-state index is 12.6. The number of anilines is 1. The molecule has 0 aliphatic rings. The molecule has 38 heavy (non-hydrogen) atoms. The molecule has 0 spiro atoms. The average molecular weight is 536 g/mol. The second kappa shape index (κ2) is 11.8. The molecule has 1 aromatic heterocycles. The molecule has 186 valence electrons. The molecular formula is C30H22ClN5OS. The van der Waals surface area contributed by atoms with Crippen molar-refractivity contribution in [3.8, 4) is 17.5 Å². The molecule has 0 saturated carbocycles. The first-order valence-corrected chi connectivity index (χ1v) is 13.2. The Bertz CT molecular complexity index is 1610. The van der Waals surface area contributed by atoms with Crippen LogP contribution in [-0.2, 0) is 12.3 Å². The van der Waals surface area contributed by atoms with Crippen molar-refractivity contribution in [1.29, 1.82) is 5.26 Å². The van der Waals surface area contributed by atoms with E-state index in [2.05, 4.69) is 38.3 Å². The predicted molar refractivity (Wildman–Crippen MR) is 151 cm³/mol. The standard InChI is InChI=1S/C30H22ClN5OS/c31-27-13-7-6-12-26(27)29(37)33-25-16-14-22(15-17-25)28-34-35-30(36(28)19-21-8-2-1-3-9-21)38-20-24-11-5-4-10-23(24)18-32/h1-17H,19-20H2,(H,33,37). The maximum Gasteiger partial charge on any atom is 0.257 e. The Hall–Kier alpha value is -4.38. The van der Waals surface area contributed by atoms with Gasteiger partial charge in [0.25, 0.3) is 5.91 Å². The van der Waals surface area contributed by atoms with Gasteiger partial charge in [-0.2, -0.15) is 5.26 Å². The number of benzene rings is 4. The number of hydrogen-bond donors (Lipinski definition) is 1. The van der Waals surface area contributed by atoms with Gasteiger partial charge in [0.05, 0.1) is 28.8 Å². The summed E-state index contributed by atoms with van der Waals surface area (Å²) in [4.78, 5) is 12.6. The van der Waals surface area contributed by atoms with Crippen LogP contribution in [0.25, 0.3) is 11.4 Å². The highest BCUT2D eigenvalue weighted by molar-refractivity contribution is 7.98. The average Bonchev–Trinajstić information content (AvgIpc) is 3.35. The largest absolute Gasteiger partial charge is 0.322 e. The fourth-order valence-corrected chi connectivity index (χ4v) is 5.12. The van der Waals surface area contributed by atoms with Crippen LogP contribution in [0.4, 0.5) is 5.69 Å². The van der Waals surface area contributed by atoms with Gasteiger partial charge in [-0.25, -0.2) is 0 Å². The zero-order chi connectivity index (χ0) is 26.3. The summed E-state index contributed by atoms with van der Waals surface area (Å²) in [5.74, 6) is 1.05. The molecule has 0 aliphatic heterocycles. The molecule has 0 fully saturated rings. The van der Waals surface area contributed by atoms with E-state index in [0.717, 1.165) is 21.8 Å². The third kappa shape index (κ3) is 5.78. The number of carbonyl (C=O) groups is 1. The van der Waals surface area contributed by atoms with Crippen molar-refractivity contribution in [2.75, 3.05) is 5.32 Å². The lowest BCUT2D eigenvalue weighted by molar-refractivity contribution is 0.102. The number of aromatic nitrogens is 3. The van der Waals surface area contributed by atoms with Crippen LogP contribution in [0, 0.1) is 11.3 Å². The minimum Gasteiger partial charge on any atom is -0.322 e. The fourth-order valence-electron chi connectivity index (χ4n) is 3.96. The van der Waals surface area contributed by atoms with E-state index < -0.39 is 0 Å². The summed E-state index contributed by atoms with van der Waals surface area (Å²) < 4.78 is 2.08. The summed E-state index contributed by atoms with van der Waals surface area (Å²) in [7, 11) is 0. The molecule has 8 heteroatoms. The Morgan fingerprint density at radius 2 is 1.61 bits per heavy atom. The molecule has 0 unspecified atom stereocenters. The van der Waals surface area contributed by atoms with Crippen molar-refractivity contribution in [2.45, 2.75) is 17.5 Å². The van der Waals surface area contributed by atoms with Crippen molar-refractivity contribution in [2.24, 2.45) is 0 Å². The summed E-state index contributed by atoms with van der Waals surface area (Å²) in [5.41, 5.74) is 4.67. The van der Waals surface area contributed by atoms with Gasteiger partial charge in [0.1, 0.15) is 0 Å². The Morgan fingerprint density at radius 3 is 2.37 bits per heavy atom. The zero-order valence-corrected chi connectivity index (χ0v) is 21.8. The number of nitriles is 1. The Balaban J connectivity index is 1.40. The van der Waals surface area contributed by atoms with Crippen LogP contribution in [0.5, 0.6) is 0 Å². The van der Waals surface area contributed by atoms with E-state index in [0.29, 0.717) is 40.0 Å². The van der Waals surface area contributed by atoms with Gasteiger partial charge < -0.3 is 5.32 Å². The van der Waals surface area contributed by atoms with E-state index >= 15 is 0 Å². The smallest absolute Gasteiger partial charge is 0.257 e. The molecule has 1 N–H and O–H groups in total. The monoisotopic (exact) mass is 535 g/mol. The molecule has 1 amide bonds. The van der Waals surface area contributed by atoms with Crippen LogP contribution in [0.15, 0.2) is 108 Å². The summed E-state index contributed by atoms with van der Waals surface area (Å²) in [6.45, 7) is 0.594. The van der Waals surface area contributed by atoms with Gasteiger partial charge in [0, 0.05) is 17.0 Å². The van der Waals surface area contributed by atoms with Crippen LogP contribution in [0.3, 0.4) is 0 Å². The van der Waals surface area contributed by atoms with Gasteiger partial charge in [-0.1, -0.05) is 84.0 Å². The highest BCUT2D eigenvalue weighted by atomic mass is 35.5. The van der Waals surface area contributed by atoms with E-state index in [1.54, 1.807) is 36.0 Å². The maximum atomic E-state index is 12.6. The van der Waals surface area contributed by atoms with Gasteiger partial charge in [-0.3, -0.25) is 9.36 Å². The first-order chi connectivity index (χ1) is 18.6. The van der Waals surface area contributed by atoms with Crippen LogP contribution in [0.1, 0.15) is 27.0 Å². The quantitative estimate of drug-likeness (QED) is 0.215. The van der Waals surface area contributed by atoms with Gasteiger partial charge in [0.15, 0.2) is 11.0 Å². The molecule has 0 atom stereocenters. The Labute approximate surface area is 229 Å². The van der Waals surface area contributed by atoms with Crippen molar-refractivity contribution in [3.63, 3.8) is 0 Å². The molecule has 5 aromatic rings. The van der Waals surface area contributed by atoms with E-state index in [4.69, 9.17) is 11.6 Å². The number of halogens is 1. The molecule has 5 rings (SSSR count). The first-order valence-electron chi connectivity index (χ1n) is 11.9. The number of hydrogen-bond acceptors (Lipinski definition) is 5. The van der Waals surface area contributed by atoms with Crippen molar-refractivity contribution < 1.29 is 4.79 Å². The number of carbonyl (C=O) groups excluding carboxylic acids is 1. The topological polar surface area (TPSA) is 83.6 Å². The minimum absolute atomic E-state index is 0.271. The second-order valence-corrected chi connectivity index (χ2v) is 9.80. The molecular weight excluding hydrogens is 514 g/mol. The van der Waals surface area contributed by atoms with Gasteiger partial charge in [-0.15, -0.1) is 10.2 Å². The molecule has 6 nitrogen and oxygen atoms in total. The highest BCUT2D eigenvalue weighted by Gasteiger charge is 2.16. The van der Waals surface area contributed by atoms with Crippen molar-refractivity contribution in [1.82, 2.24) is 14.8 Å². The first kappa shape index (κ1) is 25.3. The summed E-state index contributed by atoms with van der Waals surface area (Å²) >= 11 is 7.71. The molecule has 4 aromatic carbocycles. The fraction of sp³-hybridized carbons (Fsp3) is 0.0667. The van der Waals surface area contributed by atoms with Crippen LogP contribution < -0.4 is 5.32 Å². The second-order valence-electron chi connectivity index (χ2n) is 8.45. The molecule has 1 heterocycles. The molecule has 0 saturated heterocycles. The summed E-state index contributed by atoms with van der Waals surface area (Å²) in [6.07, 6.45) is 0. The Kier molecular flexibility index (Phi) is 7.84. The number of rotatable bonds is 8. The summed E-state index contributed by atoms with van der Waals surface area (Å²) in [5, 5.41) is 22.5. The van der Waals surface area contributed by atoms with E-state index in [-0.39, 0.29) is 5.91 Å². The van der Waals surface area contributed by atoms with Crippen LogP contribution in [0.2, 0.25) is 5.02 Å². The number of nitrogens with one attached hydrogen (secondary N) is 1. The van der Waals surface area contributed by atoms with E-state index in [9.17, 15) is 10.1 Å². The molecule has 0 bridgehead atoms. The molecule has 0 aliphatic carbocycles. The highest BCUT2D eigenvalue weighted by Crippen LogP contribution is 2.29. The normalized spacial score (nSPS) is 10.6. The minimum atomic E-state index is -0.271. The predicted octanol–water partition coefficient (Wildman–Crippen LogP) is 7.06. The zero-order valence-electron chi connectivity index (χ0n) is 20.2. The van der Waals surface area contributed by atoms with Crippen LogP contribution >= 0.6 is 23.4 Å². The van der Waals surface area contributed by atoms with Gasteiger partial charge in [-0.05, 0) is 53.6 Å². The number of nitrogens with zero attached hydrogens (tertiary/aromatic N) is 4. The van der Waals surface area contributed by atoms with Crippen LogP contribution in [-0.4, -0.2) is 20.7 Å². The van der Waals surface area contributed by atoms with Crippen molar-refractivity contribution >= 4 is 35.0 Å². The molecule has 0 radical (unpaired) electrons. The lowest BCUT2D eigenvalue weighted by Gasteiger charge is -2.12. The van der Waals surface area contributed by atoms with E-state index in [1.165, 1.54) is 0 Å². The lowest BCUT2D eigenvalue weighted by atomic mass is 10.1. The van der Waals surface area contributed by atoms with E-state index in [1.807, 2.05) is 66.7 Å². The van der Waals surface area contributed by atoms with Crippen molar-refractivity contribution in [3.05, 3.63) is 130 Å². The van der Waals surface area contributed by atoms with Gasteiger partial charge in [0.2, 0.25) is 0 Å². The summed E-state index contributed by atoms with van der Waals surface area (Å²) in [6, 6.07) is 34.4. The Morgan fingerprint density at radius 1 is 0.895 bits per heavy atom. The third-order valence-electron chi connectivity index (χ3n) is 5.91. The number of amides is 1.